The van der Waals surface area contributed by atoms with E-state index in [0.717, 1.165) is 51.4 Å². The number of nitrogens with zero attached hydrogens (tertiary/aromatic N) is 2. The van der Waals surface area contributed by atoms with Gasteiger partial charge in [-0.25, -0.2) is 4.99 Å². The normalized spacial score (nSPS) is 16.2. The Morgan fingerprint density at radius 2 is 1.88 bits per heavy atom. The summed E-state index contributed by atoms with van der Waals surface area (Å²) in [5.74, 6) is 2.07. The molecule has 0 bridgehead atoms. The van der Waals surface area contributed by atoms with Gasteiger partial charge in [-0.15, -0.1) is 0 Å². The van der Waals surface area contributed by atoms with E-state index in [2.05, 4.69) is 60.6 Å². The second-order valence-corrected chi connectivity index (χ2v) is 7.58. The molecule has 0 aliphatic carbocycles. The third kappa shape index (κ3) is 6.87. The molecule has 1 fully saturated rings. The summed E-state index contributed by atoms with van der Waals surface area (Å²) < 4.78 is 0. The minimum atomic E-state index is 0.324. The predicted octanol–water partition coefficient (Wildman–Crippen LogP) is 3.00. The van der Waals surface area contributed by atoms with E-state index in [-0.39, 0.29) is 0 Å². The van der Waals surface area contributed by atoms with Gasteiger partial charge in [0.05, 0.1) is 6.54 Å². The minimum absolute atomic E-state index is 0.324. The van der Waals surface area contributed by atoms with Crippen LogP contribution in [-0.2, 0) is 6.54 Å². The van der Waals surface area contributed by atoms with Gasteiger partial charge in [-0.2, -0.15) is 0 Å². The molecule has 0 atom stereocenters. The smallest absolute Gasteiger partial charge is 0.191 e. The molecule has 1 aromatic carbocycles. The second-order valence-electron chi connectivity index (χ2n) is 7.58. The maximum atomic E-state index is 9.27. The molecule has 146 valence electrons. The number of rotatable bonds is 8. The number of benzene rings is 1. The quantitative estimate of drug-likeness (QED) is 0.493. The maximum absolute atomic E-state index is 9.27. The van der Waals surface area contributed by atoms with Crippen molar-refractivity contribution < 1.29 is 5.11 Å². The number of aliphatic hydroxyl groups excluding tert-OH is 1. The van der Waals surface area contributed by atoms with Crippen molar-refractivity contribution in [2.45, 2.75) is 46.6 Å². The lowest BCUT2D eigenvalue weighted by Gasteiger charge is -2.32. The van der Waals surface area contributed by atoms with Crippen LogP contribution < -0.4 is 15.5 Å². The van der Waals surface area contributed by atoms with Crippen LogP contribution in [0.2, 0.25) is 0 Å². The molecule has 1 aliphatic heterocycles. The van der Waals surface area contributed by atoms with Crippen molar-refractivity contribution in [1.82, 2.24) is 10.6 Å². The van der Waals surface area contributed by atoms with Crippen molar-refractivity contribution in [3.63, 3.8) is 0 Å². The van der Waals surface area contributed by atoms with Crippen molar-refractivity contribution in [3.05, 3.63) is 29.8 Å². The number of aliphatic hydroxyl groups is 1. The summed E-state index contributed by atoms with van der Waals surface area (Å²) in [6.07, 6.45) is 3.30. The largest absolute Gasteiger partial charge is 0.396 e. The number of piperidine rings is 1. The van der Waals surface area contributed by atoms with Gasteiger partial charge in [0.2, 0.25) is 0 Å². The zero-order valence-corrected chi connectivity index (χ0v) is 16.7. The van der Waals surface area contributed by atoms with Crippen molar-refractivity contribution >= 4 is 11.6 Å². The Bertz CT molecular complexity index is 533. The first kappa shape index (κ1) is 20.6. The first-order valence-corrected chi connectivity index (χ1v) is 10.1. The van der Waals surface area contributed by atoms with Gasteiger partial charge in [0.1, 0.15) is 0 Å². The Labute approximate surface area is 158 Å². The Morgan fingerprint density at radius 1 is 1.19 bits per heavy atom. The fraction of sp³-hybridized carbons (Fsp3) is 0.667. The first-order valence-electron chi connectivity index (χ1n) is 10.1. The Hall–Kier alpha value is -1.75. The average molecular weight is 361 g/mol. The lowest BCUT2D eigenvalue weighted by molar-refractivity contribution is 0.203. The van der Waals surface area contributed by atoms with Crippen LogP contribution in [0.5, 0.6) is 0 Å². The standard InChI is InChI=1S/C21H36N4O/c1-4-22-21(23-12-9-17(2)3)24-15-18-5-7-20(8-6-18)25-13-10-19(16-26)11-14-25/h5-8,17,19,26H,4,9-16H2,1-3H3,(H2,22,23,24). The van der Waals surface area contributed by atoms with E-state index in [1.54, 1.807) is 0 Å². The Morgan fingerprint density at radius 3 is 2.46 bits per heavy atom. The average Bonchev–Trinajstić information content (AvgIpc) is 2.66. The summed E-state index contributed by atoms with van der Waals surface area (Å²) in [4.78, 5) is 7.11. The molecule has 1 heterocycles. The molecule has 3 N–H and O–H groups in total. The molecule has 0 amide bonds. The van der Waals surface area contributed by atoms with Gasteiger partial charge in [-0.1, -0.05) is 26.0 Å². The Balaban J connectivity index is 1.86. The third-order valence-corrected chi connectivity index (χ3v) is 4.95. The molecule has 5 heteroatoms. The van der Waals surface area contributed by atoms with Gasteiger partial charge in [0, 0.05) is 38.5 Å². The number of nitrogens with one attached hydrogen (secondary N) is 2. The summed E-state index contributed by atoms with van der Waals surface area (Å²) >= 11 is 0. The van der Waals surface area contributed by atoms with Crippen molar-refractivity contribution in [1.29, 1.82) is 0 Å². The molecule has 0 aromatic heterocycles. The van der Waals surface area contributed by atoms with E-state index in [1.165, 1.54) is 11.3 Å². The van der Waals surface area contributed by atoms with Gasteiger partial charge < -0.3 is 20.6 Å². The van der Waals surface area contributed by atoms with Crippen molar-refractivity contribution in [2.75, 3.05) is 37.7 Å². The molecule has 1 aliphatic rings. The second kappa shape index (κ2) is 11.1. The number of aliphatic imine (C=N–C) groups is 1. The zero-order valence-electron chi connectivity index (χ0n) is 16.7. The highest BCUT2D eigenvalue weighted by molar-refractivity contribution is 5.79. The summed E-state index contributed by atoms with van der Waals surface area (Å²) in [5.41, 5.74) is 2.50. The highest BCUT2D eigenvalue weighted by Gasteiger charge is 2.18. The van der Waals surface area contributed by atoms with E-state index in [1.807, 2.05) is 0 Å². The van der Waals surface area contributed by atoms with E-state index in [9.17, 15) is 5.11 Å². The number of guanidine groups is 1. The van der Waals surface area contributed by atoms with Crippen LogP contribution in [-0.4, -0.2) is 43.9 Å². The first-order chi connectivity index (χ1) is 12.6. The summed E-state index contributed by atoms with van der Waals surface area (Å²) in [6.45, 7) is 11.5. The molecule has 2 rings (SSSR count). The molecule has 0 unspecified atom stereocenters. The molecule has 26 heavy (non-hydrogen) atoms. The minimum Gasteiger partial charge on any atom is -0.396 e. The fourth-order valence-corrected chi connectivity index (χ4v) is 3.18. The van der Waals surface area contributed by atoms with Crippen molar-refractivity contribution in [3.8, 4) is 0 Å². The SMILES string of the molecule is CCNC(=NCc1ccc(N2CCC(CO)CC2)cc1)NCCC(C)C. The van der Waals surface area contributed by atoms with E-state index in [0.29, 0.717) is 25.0 Å². The van der Waals surface area contributed by atoms with Gasteiger partial charge in [-0.3, -0.25) is 0 Å². The molecular weight excluding hydrogens is 324 g/mol. The molecule has 5 nitrogen and oxygen atoms in total. The van der Waals surface area contributed by atoms with Gasteiger partial charge in [0.25, 0.3) is 0 Å². The predicted molar refractivity (Wildman–Crippen MR) is 111 cm³/mol. The van der Waals surface area contributed by atoms with Crippen LogP contribution in [0.3, 0.4) is 0 Å². The monoisotopic (exact) mass is 360 g/mol. The van der Waals surface area contributed by atoms with Crippen LogP contribution in [0.15, 0.2) is 29.3 Å². The van der Waals surface area contributed by atoms with Gasteiger partial charge >= 0.3 is 0 Å². The lowest BCUT2D eigenvalue weighted by Crippen LogP contribution is -2.38. The van der Waals surface area contributed by atoms with Crippen LogP contribution in [0.25, 0.3) is 0 Å². The van der Waals surface area contributed by atoms with E-state index in [4.69, 9.17) is 4.99 Å². The highest BCUT2D eigenvalue weighted by atomic mass is 16.3. The number of hydrogen-bond acceptors (Lipinski definition) is 3. The van der Waals surface area contributed by atoms with Crippen LogP contribution >= 0.6 is 0 Å². The van der Waals surface area contributed by atoms with Gasteiger partial charge in [0.15, 0.2) is 5.96 Å². The zero-order chi connectivity index (χ0) is 18.8. The van der Waals surface area contributed by atoms with Crippen molar-refractivity contribution in [2.24, 2.45) is 16.8 Å². The van der Waals surface area contributed by atoms with Crippen LogP contribution in [0.4, 0.5) is 5.69 Å². The Kier molecular flexibility index (Phi) is 8.75. The number of anilines is 1. The van der Waals surface area contributed by atoms with E-state index >= 15 is 0 Å². The van der Waals surface area contributed by atoms with E-state index < -0.39 is 0 Å². The molecule has 0 saturated carbocycles. The number of hydrogen-bond donors (Lipinski definition) is 3. The molecule has 1 saturated heterocycles. The molecule has 1 aromatic rings. The maximum Gasteiger partial charge on any atom is 0.191 e. The van der Waals surface area contributed by atoms with Gasteiger partial charge in [-0.05, 0) is 55.7 Å². The van der Waals surface area contributed by atoms with Crippen LogP contribution in [0, 0.1) is 11.8 Å². The molecular formula is C21H36N4O. The summed E-state index contributed by atoms with van der Waals surface area (Å²) in [7, 11) is 0. The lowest BCUT2D eigenvalue weighted by atomic mass is 9.97. The highest BCUT2D eigenvalue weighted by Crippen LogP contribution is 2.23. The molecule has 0 radical (unpaired) electrons. The summed E-state index contributed by atoms with van der Waals surface area (Å²) in [5, 5.41) is 16.0. The third-order valence-electron chi connectivity index (χ3n) is 4.95. The topological polar surface area (TPSA) is 59.9 Å². The molecule has 0 spiro atoms. The van der Waals surface area contributed by atoms with Crippen LogP contribution in [0.1, 0.15) is 45.6 Å². The fourth-order valence-electron chi connectivity index (χ4n) is 3.18. The summed E-state index contributed by atoms with van der Waals surface area (Å²) in [6, 6.07) is 8.75.